The number of amides is 2. The lowest BCUT2D eigenvalue weighted by atomic mass is 9.86. The van der Waals surface area contributed by atoms with E-state index < -0.39 is 5.54 Å². The van der Waals surface area contributed by atoms with Gasteiger partial charge in [0.25, 0.3) is 5.91 Å². The minimum atomic E-state index is -0.739. The highest BCUT2D eigenvalue weighted by Gasteiger charge is 2.46. The summed E-state index contributed by atoms with van der Waals surface area (Å²) < 4.78 is 0. The second-order valence-corrected chi connectivity index (χ2v) is 7.24. The zero-order valence-corrected chi connectivity index (χ0v) is 14.0. The fraction of sp³-hybridized carbons (Fsp3) is 0.812. The van der Waals surface area contributed by atoms with Crippen LogP contribution in [0.1, 0.15) is 39.5 Å². The predicted octanol–water partition coefficient (Wildman–Crippen LogP) is -0.0875. The molecule has 7 nitrogen and oxygen atoms in total. The normalized spacial score (nSPS) is 28.1. The zero-order chi connectivity index (χ0) is 16.6. The average Bonchev–Trinajstić information content (AvgIpc) is 2.81. The molecule has 0 aliphatic carbocycles. The largest absolute Gasteiger partial charge is 0.370 e. The van der Waals surface area contributed by atoms with Crippen LogP contribution in [0.25, 0.3) is 0 Å². The van der Waals surface area contributed by atoms with Crippen molar-refractivity contribution < 1.29 is 9.59 Å². The molecule has 1 atom stereocenters. The van der Waals surface area contributed by atoms with E-state index in [0.29, 0.717) is 32.0 Å². The molecule has 2 saturated heterocycles. The topological polar surface area (TPSA) is 91.0 Å². The third-order valence-electron chi connectivity index (χ3n) is 5.43. The van der Waals surface area contributed by atoms with Gasteiger partial charge in [-0.25, -0.2) is 4.99 Å². The second kappa shape index (κ2) is 6.11. The Hall–Kier alpha value is -1.63. The summed E-state index contributed by atoms with van der Waals surface area (Å²) in [6, 6.07) is 0.481. The van der Waals surface area contributed by atoms with E-state index in [1.54, 1.807) is 0 Å². The molecule has 3 N–H and O–H groups in total. The maximum absolute atomic E-state index is 12.8. The molecular weight excluding hydrogens is 294 g/mol. The van der Waals surface area contributed by atoms with Crippen LogP contribution in [-0.4, -0.2) is 65.3 Å². The van der Waals surface area contributed by atoms with Gasteiger partial charge in [-0.05, 0) is 46.1 Å². The number of nitrogens with one attached hydrogen (secondary N) is 1. The molecule has 0 aromatic rings. The van der Waals surface area contributed by atoms with Crippen molar-refractivity contribution >= 4 is 17.8 Å². The molecule has 128 valence electrons. The number of carbonyl (C=O) groups is 2. The fourth-order valence-electron chi connectivity index (χ4n) is 3.91. The zero-order valence-electron chi connectivity index (χ0n) is 14.0. The molecule has 0 bridgehead atoms. The van der Waals surface area contributed by atoms with E-state index in [2.05, 4.69) is 29.1 Å². The van der Waals surface area contributed by atoms with E-state index in [1.807, 2.05) is 4.90 Å². The highest BCUT2D eigenvalue weighted by Crippen LogP contribution is 2.31. The van der Waals surface area contributed by atoms with Gasteiger partial charge in [0.05, 0.1) is 5.92 Å². The Morgan fingerprint density at radius 3 is 2.61 bits per heavy atom. The summed E-state index contributed by atoms with van der Waals surface area (Å²) in [5, 5.41) is 2.58. The lowest BCUT2D eigenvalue weighted by molar-refractivity contribution is -0.141. The smallest absolute Gasteiger partial charge is 0.254 e. The van der Waals surface area contributed by atoms with Crippen LogP contribution < -0.4 is 11.1 Å². The molecule has 3 rings (SSSR count). The summed E-state index contributed by atoms with van der Waals surface area (Å²) in [5.41, 5.74) is 4.88. The Kier molecular flexibility index (Phi) is 4.31. The standard InChI is InChI=1S/C16H27N5O2/c1-11(2)21-7-3-4-12(10-21)13(22)20-8-5-16(6-9-20)14(23)18-15(17)19-16/h11-12H,3-10H2,1-2H3,(H3,17,18,19,23)/t12-/m0/s1. The van der Waals surface area contributed by atoms with Gasteiger partial charge >= 0.3 is 0 Å². The Morgan fingerprint density at radius 1 is 1.35 bits per heavy atom. The Bertz CT molecular complexity index is 523. The minimum absolute atomic E-state index is 0.0891. The Morgan fingerprint density at radius 2 is 2.04 bits per heavy atom. The van der Waals surface area contributed by atoms with Crippen LogP contribution in [0.5, 0.6) is 0 Å². The second-order valence-electron chi connectivity index (χ2n) is 7.24. The number of hydrogen-bond donors (Lipinski definition) is 2. The number of guanidine groups is 1. The lowest BCUT2D eigenvalue weighted by Crippen LogP contribution is -2.53. The van der Waals surface area contributed by atoms with Gasteiger partial charge in [0.2, 0.25) is 5.91 Å². The first-order valence-corrected chi connectivity index (χ1v) is 8.61. The van der Waals surface area contributed by atoms with Gasteiger partial charge in [-0.3, -0.25) is 14.9 Å². The number of carbonyl (C=O) groups excluding carboxylic acids is 2. The molecule has 3 heterocycles. The summed E-state index contributed by atoms with van der Waals surface area (Å²) in [7, 11) is 0. The van der Waals surface area contributed by atoms with E-state index in [0.717, 1.165) is 25.9 Å². The van der Waals surface area contributed by atoms with E-state index >= 15 is 0 Å². The van der Waals surface area contributed by atoms with Crippen molar-refractivity contribution in [1.82, 2.24) is 15.1 Å². The van der Waals surface area contributed by atoms with Crippen LogP contribution in [-0.2, 0) is 9.59 Å². The first kappa shape index (κ1) is 16.2. The van der Waals surface area contributed by atoms with E-state index in [9.17, 15) is 9.59 Å². The molecule has 3 aliphatic heterocycles. The minimum Gasteiger partial charge on any atom is -0.370 e. The Balaban J connectivity index is 1.59. The van der Waals surface area contributed by atoms with Crippen LogP contribution in [0.15, 0.2) is 4.99 Å². The molecule has 1 spiro atoms. The van der Waals surface area contributed by atoms with Crippen molar-refractivity contribution in [3.05, 3.63) is 0 Å². The van der Waals surface area contributed by atoms with Crippen molar-refractivity contribution in [3.63, 3.8) is 0 Å². The highest BCUT2D eigenvalue weighted by atomic mass is 16.2. The van der Waals surface area contributed by atoms with E-state index in [1.165, 1.54) is 0 Å². The molecule has 2 fully saturated rings. The van der Waals surface area contributed by atoms with Crippen LogP contribution >= 0.6 is 0 Å². The van der Waals surface area contributed by atoms with Crippen LogP contribution in [0.2, 0.25) is 0 Å². The van der Waals surface area contributed by atoms with Crippen molar-refractivity contribution in [2.24, 2.45) is 16.6 Å². The maximum Gasteiger partial charge on any atom is 0.254 e. The van der Waals surface area contributed by atoms with Gasteiger partial charge in [-0.1, -0.05) is 0 Å². The molecule has 3 aliphatic rings. The monoisotopic (exact) mass is 321 g/mol. The highest BCUT2D eigenvalue weighted by molar-refractivity contribution is 6.06. The fourth-order valence-corrected chi connectivity index (χ4v) is 3.91. The van der Waals surface area contributed by atoms with Gasteiger partial charge in [0.15, 0.2) is 5.96 Å². The summed E-state index contributed by atoms with van der Waals surface area (Å²) in [6.07, 6.45) is 3.17. The summed E-state index contributed by atoms with van der Waals surface area (Å²) in [5.74, 6) is 0.409. The molecule has 2 amide bonds. The first-order chi connectivity index (χ1) is 10.9. The van der Waals surface area contributed by atoms with Crippen LogP contribution in [0.3, 0.4) is 0 Å². The van der Waals surface area contributed by atoms with Gasteiger partial charge in [0.1, 0.15) is 5.54 Å². The number of aliphatic imine (C=N–C) groups is 1. The molecule has 0 unspecified atom stereocenters. The number of rotatable bonds is 2. The molecule has 0 aromatic heterocycles. The average molecular weight is 321 g/mol. The quantitative estimate of drug-likeness (QED) is 0.744. The lowest BCUT2D eigenvalue weighted by Gasteiger charge is -2.40. The third kappa shape index (κ3) is 3.06. The molecule has 0 radical (unpaired) electrons. The van der Waals surface area contributed by atoms with E-state index in [-0.39, 0.29) is 23.7 Å². The maximum atomic E-state index is 12.8. The van der Waals surface area contributed by atoms with Crippen molar-refractivity contribution in [2.75, 3.05) is 26.2 Å². The van der Waals surface area contributed by atoms with Gasteiger partial charge in [-0.15, -0.1) is 0 Å². The van der Waals surface area contributed by atoms with Crippen molar-refractivity contribution in [3.8, 4) is 0 Å². The number of nitrogens with two attached hydrogens (primary N) is 1. The van der Waals surface area contributed by atoms with Gasteiger partial charge in [-0.2, -0.15) is 0 Å². The number of nitrogens with zero attached hydrogens (tertiary/aromatic N) is 3. The Labute approximate surface area is 137 Å². The predicted molar refractivity (Wildman–Crippen MR) is 87.7 cm³/mol. The molecule has 23 heavy (non-hydrogen) atoms. The van der Waals surface area contributed by atoms with Crippen LogP contribution in [0, 0.1) is 5.92 Å². The van der Waals surface area contributed by atoms with Gasteiger partial charge < -0.3 is 15.5 Å². The molecule has 0 aromatic carbocycles. The first-order valence-electron chi connectivity index (χ1n) is 8.61. The molecule has 7 heteroatoms. The van der Waals surface area contributed by atoms with E-state index in [4.69, 9.17) is 5.73 Å². The number of likely N-dealkylation sites (tertiary alicyclic amines) is 2. The van der Waals surface area contributed by atoms with Crippen molar-refractivity contribution in [2.45, 2.75) is 51.1 Å². The summed E-state index contributed by atoms with van der Waals surface area (Å²) >= 11 is 0. The van der Waals surface area contributed by atoms with Gasteiger partial charge in [0, 0.05) is 25.7 Å². The number of hydrogen-bond acceptors (Lipinski definition) is 5. The van der Waals surface area contributed by atoms with Crippen molar-refractivity contribution in [1.29, 1.82) is 0 Å². The SMILES string of the molecule is CC(C)N1CCC[C@H](C(=O)N2CCC3(CC2)N=C(N)NC3=O)C1. The summed E-state index contributed by atoms with van der Waals surface area (Å²) in [6.45, 7) is 7.46. The summed E-state index contributed by atoms with van der Waals surface area (Å²) in [4.78, 5) is 33.4. The van der Waals surface area contributed by atoms with Crippen LogP contribution in [0.4, 0.5) is 0 Å². The molecule has 0 saturated carbocycles. The molecular formula is C16H27N5O2. The number of piperidine rings is 2. The third-order valence-corrected chi connectivity index (χ3v) is 5.43.